The van der Waals surface area contributed by atoms with Gasteiger partial charge in [0.2, 0.25) is 0 Å². The molecule has 24 heavy (non-hydrogen) atoms. The Morgan fingerprint density at radius 1 is 1.12 bits per heavy atom. The van der Waals surface area contributed by atoms with Crippen molar-refractivity contribution in [3.63, 3.8) is 0 Å². The second-order valence-corrected chi connectivity index (χ2v) is 8.10. The van der Waals surface area contributed by atoms with Crippen molar-refractivity contribution < 1.29 is 14.7 Å². The molecule has 1 aromatic carbocycles. The summed E-state index contributed by atoms with van der Waals surface area (Å²) in [6, 6.07) is 4.37. The van der Waals surface area contributed by atoms with Gasteiger partial charge in [0, 0.05) is 18.2 Å². The molecule has 4 aliphatic rings. The number of primary amides is 1. The zero-order chi connectivity index (χ0) is 17.1. The van der Waals surface area contributed by atoms with Crippen molar-refractivity contribution in [2.24, 2.45) is 23.5 Å². The predicted octanol–water partition coefficient (Wildman–Crippen LogP) is 2.53. The first-order chi connectivity index (χ1) is 11.4. The molecule has 5 rings (SSSR count). The number of aromatic hydroxyl groups is 1. The van der Waals surface area contributed by atoms with Crippen molar-refractivity contribution in [1.29, 1.82) is 0 Å². The molecule has 3 N–H and O–H groups in total. The average Bonchev–Trinajstić information content (AvgIpc) is 2.51. The maximum atomic E-state index is 13.0. The van der Waals surface area contributed by atoms with Crippen LogP contribution in [0.1, 0.15) is 59.2 Å². The lowest BCUT2D eigenvalue weighted by molar-refractivity contribution is -0.0665. The smallest absolute Gasteiger partial charge is 0.254 e. The van der Waals surface area contributed by atoms with Crippen molar-refractivity contribution >= 4 is 11.8 Å². The van der Waals surface area contributed by atoms with Gasteiger partial charge in [-0.25, -0.2) is 0 Å². The second kappa shape index (κ2) is 5.23. The largest absolute Gasteiger partial charge is 0.507 e. The summed E-state index contributed by atoms with van der Waals surface area (Å²) in [5.41, 5.74) is 5.64. The van der Waals surface area contributed by atoms with Crippen LogP contribution < -0.4 is 5.73 Å². The van der Waals surface area contributed by atoms with Gasteiger partial charge in [-0.3, -0.25) is 9.59 Å². The van der Waals surface area contributed by atoms with E-state index in [1.54, 1.807) is 6.07 Å². The van der Waals surface area contributed by atoms with Gasteiger partial charge in [-0.15, -0.1) is 0 Å². The molecular weight excluding hydrogens is 304 g/mol. The number of nitrogens with two attached hydrogens (primary N) is 1. The van der Waals surface area contributed by atoms with Gasteiger partial charge in [-0.1, -0.05) is 0 Å². The number of hydrogen-bond donors (Lipinski definition) is 2. The molecule has 5 heteroatoms. The molecule has 0 saturated heterocycles. The van der Waals surface area contributed by atoms with E-state index in [1.807, 2.05) is 11.9 Å². The van der Waals surface area contributed by atoms with Crippen LogP contribution in [0.15, 0.2) is 18.2 Å². The zero-order valence-corrected chi connectivity index (χ0v) is 14.0. The zero-order valence-electron chi connectivity index (χ0n) is 14.0. The summed E-state index contributed by atoms with van der Waals surface area (Å²) >= 11 is 0. The van der Waals surface area contributed by atoms with E-state index >= 15 is 0 Å². The highest BCUT2D eigenvalue weighted by Crippen LogP contribution is 2.57. The van der Waals surface area contributed by atoms with Crippen LogP contribution in [-0.2, 0) is 0 Å². The van der Waals surface area contributed by atoms with Crippen molar-refractivity contribution in [2.45, 2.75) is 44.1 Å². The van der Waals surface area contributed by atoms with Crippen molar-refractivity contribution in [3.8, 4) is 5.75 Å². The molecule has 0 unspecified atom stereocenters. The fourth-order valence-electron chi connectivity index (χ4n) is 5.76. The van der Waals surface area contributed by atoms with Crippen molar-refractivity contribution in [3.05, 3.63) is 29.3 Å². The quantitative estimate of drug-likeness (QED) is 0.894. The molecular formula is C19H24N2O3. The van der Waals surface area contributed by atoms with Crippen molar-refractivity contribution in [1.82, 2.24) is 4.90 Å². The Labute approximate surface area is 141 Å². The average molecular weight is 328 g/mol. The topological polar surface area (TPSA) is 83.6 Å². The van der Waals surface area contributed by atoms with Gasteiger partial charge in [0.25, 0.3) is 11.8 Å². The van der Waals surface area contributed by atoms with Gasteiger partial charge in [0.1, 0.15) is 5.75 Å². The summed E-state index contributed by atoms with van der Waals surface area (Å²) in [6.45, 7) is 0. The first-order valence-electron chi connectivity index (χ1n) is 8.79. The highest BCUT2D eigenvalue weighted by molar-refractivity contribution is 5.99. The third kappa shape index (κ3) is 2.29. The molecule has 4 bridgehead atoms. The van der Waals surface area contributed by atoms with Crippen LogP contribution in [0, 0.1) is 17.8 Å². The van der Waals surface area contributed by atoms with E-state index in [0.717, 1.165) is 37.0 Å². The number of nitrogens with zero attached hydrogens (tertiary/aromatic N) is 1. The summed E-state index contributed by atoms with van der Waals surface area (Å²) in [7, 11) is 1.90. The van der Waals surface area contributed by atoms with Gasteiger partial charge in [0.15, 0.2) is 0 Å². The number of amides is 2. The van der Waals surface area contributed by atoms with Gasteiger partial charge in [-0.2, -0.15) is 0 Å². The molecule has 0 heterocycles. The normalized spacial score (nSPS) is 33.5. The van der Waals surface area contributed by atoms with Crippen LogP contribution >= 0.6 is 0 Å². The summed E-state index contributed by atoms with van der Waals surface area (Å²) in [5.74, 6) is 1.28. The number of rotatable bonds is 3. The summed E-state index contributed by atoms with van der Waals surface area (Å²) in [4.78, 5) is 26.1. The molecule has 0 spiro atoms. The molecule has 4 fully saturated rings. The Hall–Kier alpha value is -2.04. The number of hydrogen-bond acceptors (Lipinski definition) is 3. The highest BCUT2D eigenvalue weighted by atomic mass is 16.3. The standard InChI is InChI=1S/C19H24N2O3/c1-21(18(24)14-2-3-15(17(20)23)16(22)7-14)19-8-11-4-12(9-19)6-13(5-11)10-19/h2-3,7,11-13,22H,4-6,8-10H2,1H3,(H2,20,23). The summed E-state index contributed by atoms with van der Waals surface area (Å²) in [6.07, 6.45) is 7.30. The Morgan fingerprint density at radius 3 is 2.12 bits per heavy atom. The molecule has 4 saturated carbocycles. The third-order valence-electron chi connectivity index (χ3n) is 6.53. The van der Waals surface area contributed by atoms with Gasteiger partial charge in [-0.05, 0) is 74.5 Å². The minimum Gasteiger partial charge on any atom is -0.507 e. The number of carbonyl (C=O) groups is 2. The molecule has 5 nitrogen and oxygen atoms in total. The van der Waals surface area contributed by atoms with E-state index in [2.05, 4.69) is 0 Å². The van der Waals surface area contributed by atoms with E-state index in [0.29, 0.717) is 5.56 Å². The molecule has 128 valence electrons. The van der Waals surface area contributed by atoms with E-state index in [1.165, 1.54) is 31.4 Å². The van der Waals surface area contributed by atoms with Gasteiger partial charge < -0.3 is 15.7 Å². The molecule has 4 aliphatic carbocycles. The number of phenols is 1. The fourth-order valence-corrected chi connectivity index (χ4v) is 5.76. The highest BCUT2D eigenvalue weighted by Gasteiger charge is 2.53. The predicted molar refractivity (Wildman–Crippen MR) is 89.6 cm³/mol. The van der Waals surface area contributed by atoms with Crippen molar-refractivity contribution in [2.75, 3.05) is 7.05 Å². The van der Waals surface area contributed by atoms with Crippen LogP contribution in [-0.4, -0.2) is 34.4 Å². The SMILES string of the molecule is CN(C(=O)c1ccc(C(N)=O)c(O)c1)C12CC3CC(CC(C3)C1)C2. The number of benzene rings is 1. The second-order valence-electron chi connectivity index (χ2n) is 8.10. The fraction of sp³-hybridized carbons (Fsp3) is 0.579. The van der Waals surface area contributed by atoms with Crippen LogP contribution in [0.5, 0.6) is 5.75 Å². The number of carbonyl (C=O) groups excluding carboxylic acids is 2. The lowest BCUT2D eigenvalue weighted by Crippen LogP contribution is -2.60. The van der Waals surface area contributed by atoms with Gasteiger partial charge >= 0.3 is 0 Å². The Bertz CT molecular complexity index is 677. The van der Waals surface area contributed by atoms with E-state index in [4.69, 9.17) is 5.73 Å². The maximum Gasteiger partial charge on any atom is 0.254 e. The lowest BCUT2D eigenvalue weighted by atomic mass is 9.52. The third-order valence-corrected chi connectivity index (χ3v) is 6.53. The molecule has 2 amide bonds. The minimum absolute atomic E-state index is 0.0240. The van der Waals surface area contributed by atoms with E-state index in [-0.39, 0.29) is 22.8 Å². The summed E-state index contributed by atoms with van der Waals surface area (Å²) < 4.78 is 0. The monoisotopic (exact) mass is 328 g/mol. The first kappa shape index (κ1) is 15.5. The Morgan fingerprint density at radius 2 is 1.67 bits per heavy atom. The molecule has 0 aromatic heterocycles. The minimum atomic E-state index is -0.694. The van der Waals surface area contributed by atoms with Crippen LogP contribution in [0.2, 0.25) is 0 Å². The summed E-state index contributed by atoms with van der Waals surface area (Å²) in [5, 5.41) is 9.95. The molecule has 1 aromatic rings. The molecule has 0 atom stereocenters. The Balaban J connectivity index is 1.60. The van der Waals surface area contributed by atoms with Crippen LogP contribution in [0.3, 0.4) is 0 Å². The first-order valence-corrected chi connectivity index (χ1v) is 8.79. The van der Waals surface area contributed by atoms with E-state index < -0.39 is 5.91 Å². The van der Waals surface area contributed by atoms with Crippen LogP contribution in [0.25, 0.3) is 0 Å². The van der Waals surface area contributed by atoms with Gasteiger partial charge in [0.05, 0.1) is 5.56 Å². The van der Waals surface area contributed by atoms with E-state index in [9.17, 15) is 14.7 Å². The maximum absolute atomic E-state index is 13.0. The molecule has 0 aliphatic heterocycles. The van der Waals surface area contributed by atoms with Crippen LogP contribution in [0.4, 0.5) is 0 Å². The molecule has 0 radical (unpaired) electrons. The lowest BCUT2D eigenvalue weighted by Gasteiger charge is -2.59. The Kier molecular flexibility index (Phi) is 3.37.